The highest BCUT2D eigenvalue weighted by atomic mass is 35.5. The van der Waals surface area contributed by atoms with Gasteiger partial charge in [-0.2, -0.15) is 5.10 Å². The van der Waals surface area contributed by atoms with Crippen LogP contribution in [-0.4, -0.2) is 15.8 Å². The largest absolute Gasteiger partial charge is 0.375 e. The number of halogens is 2. The zero-order valence-electron chi connectivity index (χ0n) is 14.6. The van der Waals surface area contributed by atoms with Gasteiger partial charge in [0.2, 0.25) is 0 Å². The van der Waals surface area contributed by atoms with Crippen molar-refractivity contribution < 1.29 is 0 Å². The van der Waals surface area contributed by atoms with E-state index in [4.69, 9.17) is 46.3 Å². The van der Waals surface area contributed by atoms with E-state index in [0.29, 0.717) is 10.1 Å². The first-order valence-electron chi connectivity index (χ1n) is 8.92. The van der Waals surface area contributed by atoms with E-state index in [9.17, 15) is 0 Å². The molecule has 1 fully saturated rings. The van der Waals surface area contributed by atoms with Gasteiger partial charge in [0.05, 0.1) is 11.8 Å². The summed E-state index contributed by atoms with van der Waals surface area (Å²) in [5.74, 6) is 0.264. The molecule has 27 heavy (non-hydrogen) atoms. The molecule has 0 amide bonds. The summed E-state index contributed by atoms with van der Waals surface area (Å²) in [6, 6.07) is 15.8. The zero-order chi connectivity index (χ0) is 19.0. The van der Waals surface area contributed by atoms with Gasteiger partial charge in [-0.25, -0.2) is 5.01 Å². The molecule has 1 aliphatic heterocycles. The maximum Gasteiger partial charge on any atom is 0.187 e. The summed E-state index contributed by atoms with van der Waals surface area (Å²) in [5, 5.41) is 8.38. The summed E-state index contributed by atoms with van der Waals surface area (Å²) in [4.78, 5) is 0. The lowest BCUT2D eigenvalue weighted by Gasteiger charge is -2.29. The second-order valence-electron chi connectivity index (χ2n) is 6.88. The highest BCUT2D eigenvalue weighted by Gasteiger charge is 2.42. The molecule has 4 rings (SSSR count). The lowest BCUT2D eigenvalue weighted by atomic mass is 9.77. The van der Waals surface area contributed by atoms with E-state index in [1.165, 1.54) is 5.57 Å². The Morgan fingerprint density at radius 3 is 2.33 bits per heavy atom. The number of rotatable bonds is 2. The number of hydrogen-bond acceptors (Lipinski definition) is 2. The highest BCUT2D eigenvalue weighted by Crippen LogP contribution is 2.44. The number of benzene rings is 2. The molecular weight excluding hydrogens is 397 g/mol. The van der Waals surface area contributed by atoms with Crippen LogP contribution < -0.4 is 5.73 Å². The van der Waals surface area contributed by atoms with Crippen LogP contribution in [0.2, 0.25) is 10.0 Å². The highest BCUT2D eigenvalue weighted by molar-refractivity contribution is 7.80. The van der Waals surface area contributed by atoms with E-state index in [1.807, 2.05) is 48.5 Å². The molecular formula is C21H19Cl2N3S. The van der Waals surface area contributed by atoms with E-state index < -0.39 is 0 Å². The minimum Gasteiger partial charge on any atom is -0.375 e. The minimum atomic E-state index is 0.0173. The van der Waals surface area contributed by atoms with Crippen molar-refractivity contribution in [2.45, 2.75) is 25.3 Å². The SMILES string of the molecule is NC(=S)N1N=C2/C(=C\c3ccc(Cl)cc3)CCCC2C1c1ccc(Cl)cc1. The molecule has 0 spiro atoms. The first-order valence-corrected chi connectivity index (χ1v) is 10.1. The Morgan fingerprint density at radius 1 is 1.07 bits per heavy atom. The van der Waals surface area contributed by atoms with E-state index >= 15 is 0 Å². The molecule has 1 saturated carbocycles. The van der Waals surface area contributed by atoms with Crippen LogP contribution in [0.3, 0.4) is 0 Å². The van der Waals surface area contributed by atoms with Crippen molar-refractivity contribution in [1.82, 2.24) is 5.01 Å². The maximum absolute atomic E-state index is 6.07. The second-order valence-corrected chi connectivity index (χ2v) is 8.18. The summed E-state index contributed by atoms with van der Waals surface area (Å²) < 4.78 is 0. The predicted octanol–water partition coefficient (Wildman–Crippen LogP) is 5.83. The maximum atomic E-state index is 6.07. The van der Waals surface area contributed by atoms with Gasteiger partial charge in [0, 0.05) is 16.0 Å². The van der Waals surface area contributed by atoms with Crippen LogP contribution in [0, 0.1) is 5.92 Å². The smallest absolute Gasteiger partial charge is 0.187 e. The van der Waals surface area contributed by atoms with E-state index in [0.717, 1.165) is 41.1 Å². The molecule has 2 aliphatic rings. The van der Waals surface area contributed by atoms with Crippen LogP contribution in [0.15, 0.2) is 59.2 Å². The molecule has 1 aliphatic carbocycles. The first kappa shape index (κ1) is 18.5. The Hall–Kier alpha value is -1.88. The molecule has 3 nitrogen and oxygen atoms in total. The predicted molar refractivity (Wildman–Crippen MR) is 117 cm³/mol. The second kappa shape index (κ2) is 7.63. The fourth-order valence-electron chi connectivity index (χ4n) is 3.94. The Balaban J connectivity index is 1.72. The number of hydrazone groups is 1. The third-order valence-corrected chi connectivity index (χ3v) is 5.84. The third kappa shape index (κ3) is 3.75. The monoisotopic (exact) mass is 415 g/mol. The third-order valence-electron chi connectivity index (χ3n) is 5.15. The zero-order valence-corrected chi connectivity index (χ0v) is 16.9. The topological polar surface area (TPSA) is 41.6 Å². The van der Waals surface area contributed by atoms with Gasteiger partial charge in [0.15, 0.2) is 5.11 Å². The quantitative estimate of drug-likeness (QED) is 0.626. The summed E-state index contributed by atoms with van der Waals surface area (Å²) in [6.07, 6.45) is 5.36. The molecule has 6 heteroatoms. The van der Waals surface area contributed by atoms with Crippen LogP contribution >= 0.6 is 35.4 Å². The molecule has 0 aromatic heterocycles. The van der Waals surface area contributed by atoms with Crippen molar-refractivity contribution in [2.24, 2.45) is 16.8 Å². The van der Waals surface area contributed by atoms with Gasteiger partial charge in [-0.15, -0.1) is 0 Å². The lowest BCUT2D eigenvalue weighted by Crippen LogP contribution is -2.34. The van der Waals surface area contributed by atoms with Crippen LogP contribution in [-0.2, 0) is 0 Å². The van der Waals surface area contributed by atoms with Crippen molar-refractivity contribution in [3.63, 3.8) is 0 Å². The molecule has 2 atom stereocenters. The van der Waals surface area contributed by atoms with E-state index in [2.05, 4.69) is 6.08 Å². The minimum absolute atomic E-state index is 0.0173. The molecule has 2 aromatic carbocycles. The molecule has 1 heterocycles. The molecule has 0 bridgehead atoms. The average molecular weight is 416 g/mol. The molecule has 2 unspecified atom stereocenters. The molecule has 2 N–H and O–H groups in total. The Kier molecular flexibility index (Phi) is 5.22. The van der Waals surface area contributed by atoms with Crippen molar-refractivity contribution in [3.05, 3.63) is 75.3 Å². The standard InChI is InChI=1S/C21H19Cl2N3S/c22-16-8-4-13(5-9-16)12-15-2-1-3-18-19(15)25-26(21(24)27)20(18)14-6-10-17(23)11-7-14/h4-12,18,20H,1-3H2,(H2,24,27)/b15-12-. The number of hydrogen-bond donors (Lipinski definition) is 1. The molecule has 0 radical (unpaired) electrons. The number of nitrogens with zero attached hydrogens (tertiary/aromatic N) is 2. The van der Waals surface area contributed by atoms with Crippen LogP contribution in [0.5, 0.6) is 0 Å². The van der Waals surface area contributed by atoms with Gasteiger partial charge in [0.25, 0.3) is 0 Å². The van der Waals surface area contributed by atoms with E-state index in [1.54, 1.807) is 5.01 Å². The number of nitrogens with two attached hydrogens (primary N) is 1. The Labute approximate surface area is 174 Å². The van der Waals surface area contributed by atoms with Crippen LogP contribution in [0.1, 0.15) is 36.4 Å². The number of fused-ring (bicyclic) bond motifs is 1. The number of thiocarbonyl (C=S) groups is 1. The molecule has 0 saturated heterocycles. The van der Waals surface area contributed by atoms with Gasteiger partial charge in [-0.1, -0.05) is 47.5 Å². The Morgan fingerprint density at radius 2 is 1.70 bits per heavy atom. The normalized spacial score (nSPS) is 23.3. The van der Waals surface area contributed by atoms with Crippen LogP contribution in [0.25, 0.3) is 6.08 Å². The van der Waals surface area contributed by atoms with Gasteiger partial charge in [0.1, 0.15) is 0 Å². The van der Waals surface area contributed by atoms with Gasteiger partial charge in [-0.3, -0.25) is 0 Å². The van der Waals surface area contributed by atoms with Crippen molar-refractivity contribution >= 4 is 52.3 Å². The van der Waals surface area contributed by atoms with Crippen molar-refractivity contribution in [2.75, 3.05) is 0 Å². The first-order chi connectivity index (χ1) is 13.0. The fourth-order valence-corrected chi connectivity index (χ4v) is 4.34. The number of allylic oxidation sites excluding steroid dienone is 1. The summed E-state index contributed by atoms with van der Waals surface area (Å²) in [5.41, 5.74) is 10.6. The summed E-state index contributed by atoms with van der Waals surface area (Å²) in [7, 11) is 0. The van der Waals surface area contributed by atoms with Gasteiger partial charge >= 0.3 is 0 Å². The fraction of sp³-hybridized carbons (Fsp3) is 0.238. The molecule has 2 aromatic rings. The average Bonchev–Trinajstić information content (AvgIpc) is 3.05. The van der Waals surface area contributed by atoms with E-state index in [-0.39, 0.29) is 12.0 Å². The lowest BCUT2D eigenvalue weighted by molar-refractivity contribution is 0.305. The van der Waals surface area contributed by atoms with Crippen molar-refractivity contribution in [1.29, 1.82) is 0 Å². The van der Waals surface area contributed by atoms with Gasteiger partial charge < -0.3 is 5.73 Å². The van der Waals surface area contributed by atoms with Crippen LogP contribution in [0.4, 0.5) is 0 Å². The Bertz CT molecular complexity index is 919. The van der Waals surface area contributed by atoms with Crippen molar-refractivity contribution in [3.8, 4) is 0 Å². The van der Waals surface area contributed by atoms with Gasteiger partial charge in [-0.05, 0) is 78.5 Å². The summed E-state index contributed by atoms with van der Waals surface area (Å²) in [6.45, 7) is 0. The molecule has 138 valence electrons. The summed E-state index contributed by atoms with van der Waals surface area (Å²) >= 11 is 17.4.